The molecule has 1 aliphatic heterocycles. The third kappa shape index (κ3) is 13.5. The molecule has 0 unspecified atom stereocenters. The molecule has 1 aliphatic rings. The van der Waals surface area contributed by atoms with Crippen LogP contribution < -0.4 is 0 Å². The highest BCUT2D eigenvalue weighted by atomic mass is 16.7. The first kappa shape index (κ1) is 44.1. The number of hydroxylamine groups is 6. The van der Waals surface area contributed by atoms with Gasteiger partial charge in [0.05, 0.1) is 54.5 Å². The van der Waals surface area contributed by atoms with Crippen LogP contribution in [0, 0.1) is 0 Å². The van der Waals surface area contributed by atoms with Gasteiger partial charge in [0.25, 0.3) is 17.7 Å². The third-order valence-electron chi connectivity index (χ3n) is 8.99. The molecule has 1 saturated heterocycles. The predicted molar refractivity (Wildman–Crippen MR) is 211 cm³/mol. The Labute approximate surface area is 334 Å². The van der Waals surface area contributed by atoms with Gasteiger partial charge in [-0.15, -0.1) is 0 Å². The first-order chi connectivity index (χ1) is 27.2. The van der Waals surface area contributed by atoms with Gasteiger partial charge in [0.2, 0.25) is 0 Å². The summed E-state index contributed by atoms with van der Waals surface area (Å²) < 4.78 is 0. The van der Waals surface area contributed by atoms with E-state index >= 15 is 0 Å². The Morgan fingerprint density at radius 3 is 0.825 bits per heavy atom. The van der Waals surface area contributed by atoms with E-state index in [1.54, 1.807) is 133 Å². The Morgan fingerprint density at radius 2 is 0.632 bits per heavy atom. The molecule has 15 nitrogen and oxygen atoms in total. The number of nitrogens with zero attached hydrogens (tertiary/aromatic N) is 6. The highest BCUT2D eigenvalue weighted by Gasteiger charge is 2.30. The van der Waals surface area contributed by atoms with Crippen molar-refractivity contribution in [2.45, 2.75) is 59.7 Å². The molecule has 3 aromatic rings. The normalized spacial score (nSPS) is 14.3. The predicted octanol–water partition coefficient (Wildman–Crippen LogP) is 3.93. The lowest BCUT2D eigenvalue weighted by Crippen LogP contribution is -2.48. The number of rotatable bonds is 12. The van der Waals surface area contributed by atoms with Gasteiger partial charge in [0.15, 0.2) is 0 Å². The summed E-state index contributed by atoms with van der Waals surface area (Å²) >= 11 is 0. The van der Waals surface area contributed by atoms with E-state index in [1.807, 2.05) is 14.7 Å². The molecular weight excluding hydrogens is 732 g/mol. The molecule has 0 bridgehead atoms. The van der Waals surface area contributed by atoms with E-state index in [0.29, 0.717) is 56.0 Å². The summed E-state index contributed by atoms with van der Waals surface area (Å²) in [5.41, 5.74) is 0.900. The fraction of sp³-hybridized carbons (Fsp3) is 0.429. The molecule has 306 valence electrons. The summed E-state index contributed by atoms with van der Waals surface area (Å²) in [6, 6.07) is 23.8. The van der Waals surface area contributed by atoms with Crippen molar-refractivity contribution in [3.8, 4) is 0 Å². The number of hydrogen-bond acceptors (Lipinski definition) is 12. The van der Waals surface area contributed by atoms with Crippen molar-refractivity contribution < 1.29 is 43.3 Å². The maximum atomic E-state index is 13.8. The number of carbonyl (C=O) groups is 6. The summed E-state index contributed by atoms with van der Waals surface area (Å²) in [5, 5.41) is 3.19. The first-order valence-electron chi connectivity index (χ1n) is 19.2. The van der Waals surface area contributed by atoms with E-state index < -0.39 is 53.8 Å². The molecule has 0 saturated carbocycles. The zero-order valence-electron chi connectivity index (χ0n) is 33.6. The fourth-order valence-electron chi connectivity index (χ4n) is 5.92. The highest BCUT2D eigenvalue weighted by molar-refractivity contribution is 5.92. The van der Waals surface area contributed by atoms with Gasteiger partial charge in [-0.3, -0.25) is 29.1 Å². The lowest BCUT2D eigenvalue weighted by atomic mass is 10.2. The lowest BCUT2D eigenvalue weighted by Gasteiger charge is -2.30. The molecule has 0 spiro atoms. The van der Waals surface area contributed by atoms with Crippen LogP contribution in [0.2, 0.25) is 0 Å². The zero-order chi connectivity index (χ0) is 41.5. The van der Waals surface area contributed by atoms with Gasteiger partial charge in [0.1, 0.15) is 0 Å². The van der Waals surface area contributed by atoms with Gasteiger partial charge < -0.3 is 14.5 Å². The lowest BCUT2D eigenvalue weighted by molar-refractivity contribution is -0.176. The number of benzene rings is 3. The Balaban J connectivity index is 1.52. The van der Waals surface area contributed by atoms with Crippen LogP contribution in [0.5, 0.6) is 0 Å². The molecule has 1 heterocycles. The van der Waals surface area contributed by atoms with E-state index in [2.05, 4.69) is 0 Å². The molecule has 3 aromatic carbocycles. The maximum absolute atomic E-state index is 13.8. The minimum absolute atomic E-state index is 0.122. The van der Waals surface area contributed by atoms with Crippen LogP contribution >= 0.6 is 0 Å². The molecule has 0 aliphatic carbocycles. The second-order valence-corrected chi connectivity index (χ2v) is 14.5. The second-order valence-electron chi connectivity index (χ2n) is 14.5. The monoisotopic (exact) mass is 786 g/mol. The van der Waals surface area contributed by atoms with E-state index in [0.717, 1.165) is 15.2 Å². The van der Waals surface area contributed by atoms with E-state index in [9.17, 15) is 28.8 Å². The van der Waals surface area contributed by atoms with Crippen molar-refractivity contribution in [3.05, 3.63) is 108 Å². The SMILES string of the molecule is CC(C)N(OC(=O)c1ccccc1)C(=O)CN1CCN(CC(=O)N(OC(=O)c2ccccc2)C(C)C)CCN(CC(=O)N(OC(=O)c2ccccc2)C(C)C)CC1. The van der Waals surface area contributed by atoms with Crippen molar-refractivity contribution >= 4 is 35.6 Å². The third-order valence-corrected chi connectivity index (χ3v) is 8.99. The molecule has 1 fully saturated rings. The molecule has 4 rings (SSSR count). The van der Waals surface area contributed by atoms with Gasteiger partial charge in [-0.1, -0.05) is 54.6 Å². The number of amides is 3. The van der Waals surface area contributed by atoms with Crippen LogP contribution in [0.25, 0.3) is 0 Å². The van der Waals surface area contributed by atoms with Gasteiger partial charge in [-0.05, 0) is 77.9 Å². The molecule has 0 N–H and O–H groups in total. The van der Waals surface area contributed by atoms with E-state index in [-0.39, 0.29) is 19.6 Å². The Kier molecular flexibility index (Phi) is 16.7. The van der Waals surface area contributed by atoms with E-state index in [4.69, 9.17) is 14.5 Å². The average molecular weight is 787 g/mol. The molecule has 0 atom stereocenters. The Hall–Kier alpha value is -5.64. The number of carbonyl (C=O) groups excluding carboxylic acids is 6. The summed E-state index contributed by atoms with van der Waals surface area (Å²) in [7, 11) is 0. The quantitative estimate of drug-likeness (QED) is 0.245. The summed E-state index contributed by atoms with van der Waals surface area (Å²) in [6.45, 7) is 12.2. The van der Waals surface area contributed by atoms with Gasteiger partial charge in [0, 0.05) is 39.3 Å². The summed E-state index contributed by atoms with van der Waals surface area (Å²) in [6.07, 6.45) is 0. The van der Waals surface area contributed by atoms with Crippen LogP contribution in [-0.4, -0.2) is 143 Å². The molecule has 3 amide bonds. The fourth-order valence-corrected chi connectivity index (χ4v) is 5.92. The Morgan fingerprint density at radius 1 is 0.421 bits per heavy atom. The standard InChI is InChI=1S/C42H54N6O9/c1-31(2)46(55-40(52)34-16-10-7-11-17-34)37(49)28-43-22-24-44(29-38(50)47(32(3)4)56-41(53)35-18-12-8-13-19-35)26-27-45(25-23-43)30-39(51)48(33(5)6)57-42(54)36-20-14-9-15-21-36/h7-21,31-33H,22-30H2,1-6H3. The number of hydrogen-bond donors (Lipinski definition) is 0. The van der Waals surface area contributed by atoms with Crippen LogP contribution in [0.1, 0.15) is 72.6 Å². The Bertz CT molecular complexity index is 1570. The van der Waals surface area contributed by atoms with Crippen LogP contribution in [-0.2, 0) is 28.9 Å². The van der Waals surface area contributed by atoms with Crippen molar-refractivity contribution in [2.75, 3.05) is 58.9 Å². The topological polar surface area (TPSA) is 150 Å². The largest absolute Gasteiger partial charge is 0.363 e. The van der Waals surface area contributed by atoms with E-state index in [1.165, 1.54) is 0 Å². The molecular formula is C42H54N6O9. The van der Waals surface area contributed by atoms with Crippen LogP contribution in [0.15, 0.2) is 91.0 Å². The summed E-state index contributed by atoms with van der Waals surface area (Å²) in [5.74, 6) is -3.34. The smallest absolute Gasteiger partial charge is 0.332 e. The zero-order valence-corrected chi connectivity index (χ0v) is 33.6. The molecule has 57 heavy (non-hydrogen) atoms. The minimum atomic E-state index is -0.665. The van der Waals surface area contributed by atoms with Crippen molar-refractivity contribution in [2.24, 2.45) is 0 Å². The molecule has 0 radical (unpaired) electrons. The first-order valence-corrected chi connectivity index (χ1v) is 19.2. The highest BCUT2D eigenvalue weighted by Crippen LogP contribution is 2.13. The van der Waals surface area contributed by atoms with Gasteiger partial charge >= 0.3 is 17.9 Å². The van der Waals surface area contributed by atoms with Gasteiger partial charge in [-0.25, -0.2) is 14.4 Å². The summed E-state index contributed by atoms with van der Waals surface area (Å²) in [4.78, 5) is 102. The second kappa shape index (κ2) is 21.6. The van der Waals surface area contributed by atoms with Crippen LogP contribution in [0.4, 0.5) is 0 Å². The maximum Gasteiger partial charge on any atom is 0.363 e. The van der Waals surface area contributed by atoms with Crippen molar-refractivity contribution in [1.82, 2.24) is 29.9 Å². The molecule has 15 heteroatoms. The van der Waals surface area contributed by atoms with Crippen molar-refractivity contribution in [1.29, 1.82) is 0 Å². The van der Waals surface area contributed by atoms with Crippen LogP contribution in [0.3, 0.4) is 0 Å². The van der Waals surface area contributed by atoms with Crippen molar-refractivity contribution in [3.63, 3.8) is 0 Å². The molecule has 0 aromatic heterocycles. The van der Waals surface area contributed by atoms with Gasteiger partial charge in [-0.2, -0.15) is 15.2 Å². The minimum Gasteiger partial charge on any atom is -0.332 e. The average Bonchev–Trinajstić information content (AvgIpc) is 3.28.